The van der Waals surface area contributed by atoms with E-state index in [9.17, 15) is 18.0 Å². The quantitative estimate of drug-likeness (QED) is 0.669. The van der Waals surface area contributed by atoms with Crippen molar-refractivity contribution in [1.82, 2.24) is 0 Å². The maximum Gasteiger partial charge on any atom is 0.417 e. The first-order valence-corrected chi connectivity index (χ1v) is 5.79. The van der Waals surface area contributed by atoms with Crippen LogP contribution >= 0.6 is 15.9 Å². The van der Waals surface area contributed by atoms with Crippen LogP contribution in [0.4, 0.5) is 18.9 Å². The number of halogens is 4. The standard InChI is InChI=1S/C11H11BrF3NO2/c1-3-5-4-6(10(17)18-2)9(16)8(12)7(5)11(13,14)15/h4H,3,16H2,1-2H3. The van der Waals surface area contributed by atoms with Gasteiger partial charge in [0.15, 0.2) is 0 Å². The number of carbonyl (C=O) groups excluding carboxylic acids is 1. The summed E-state index contributed by atoms with van der Waals surface area (Å²) in [7, 11) is 1.14. The highest BCUT2D eigenvalue weighted by molar-refractivity contribution is 9.10. The molecule has 0 aliphatic rings. The number of nitrogens with two attached hydrogens (primary N) is 1. The molecule has 0 aromatic heterocycles. The Morgan fingerprint density at radius 2 is 2.06 bits per heavy atom. The van der Waals surface area contributed by atoms with Gasteiger partial charge in [-0.1, -0.05) is 6.92 Å². The Morgan fingerprint density at radius 3 is 2.44 bits per heavy atom. The van der Waals surface area contributed by atoms with Crippen molar-refractivity contribution in [2.24, 2.45) is 0 Å². The van der Waals surface area contributed by atoms with E-state index in [1.54, 1.807) is 6.92 Å². The maximum absolute atomic E-state index is 12.9. The van der Waals surface area contributed by atoms with Crippen molar-refractivity contribution in [3.63, 3.8) is 0 Å². The van der Waals surface area contributed by atoms with E-state index in [-0.39, 0.29) is 27.7 Å². The minimum absolute atomic E-state index is 0.0102. The molecule has 0 amide bonds. The first-order valence-electron chi connectivity index (χ1n) is 5.00. The van der Waals surface area contributed by atoms with Gasteiger partial charge in [-0.3, -0.25) is 0 Å². The van der Waals surface area contributed by atoms with Gasteiger partial charge in [0.05, 0.1) is 28.4 Å². The average molecular weight is 326 g/mol. The normalized spacial score (nSPS) is 11.4. The summed E-state index contributed by atoms with van der Waals surface area (Å²) in [5.74, 6) is -0.767. The summed E-state index contributed by atoms with van der Waals surface area (Å²) in [5.41, 5.74) is 4.32. The van der Waals surface area contributed by atoms with Crippen molar-refractivity contribution in [3.8, 4) is 0 Å². The lowest BCUT2D eigenvalue weighted by Crippen LogP contribution is -2.15. The van der Waals surface area contributed by atoms with Crippen LogP contribution in [0, 0.1) is 0 Å². The fourth-order valence-electron chi connectivity index (χ4n) is 1.58. The van der Waals surface area contributed by atoms with Crippen LogP contribution in [0.2, 0.25) is 0 Å². The van der Waals surface area contributed by atoms with Crippen molar-refractivity contribution in [2.45, 2.75) is 19.5 Å². The second-order valence-corrected chi connectivity index (χ2v) is 4.32. The molecular formula is C11H11BrF3NO2. The second-order valence-electron chi connectivity index (χ2n) is 3.53. The molecule has 3 nitrogen and oxygen atoms in total. The number of carbonyl (C=O) groups is 1. The number of hydrogen-bond acceptors (Lipinski definition) is 3. The largest absolute Gasteiger partial charge is 0.465 e. The molecule has 1 rings (SSSR count). The lowest BCUT2D eigenvalue weighted by molar-refractivity contribution is -0.138. The summed E-state index contributed by atoms with van der Waals surface area (Å²) in [4.78, 5) is 11.4. The van der Waals surface area contributed by atoms with Crippen LogP contribution in [0.3, 0.4) is 0 Å². The molecule has 18 heavy (non-hydrogen) atoms. The van der Waals surface area contributed by atoms with Crippen LogP contribution in [0.1, 0.15) is 28.4 Å². The molecule has 0 bridgehead atoms. The first-order chi connectivity index (χ1) is 8.23. The van der Waals surface area contributed by atoms with Gasteiger partial charge in [-0.15, -0.1) is 0 Å². The van der Waals surface area contributed by atoms with Gasteiger partial charge in [0.1, 0.15) is 0 Å². The van der Waals surface area contributed by atoms with E-state index >= 15 is 0 Å². The van der Waals surface area contributed by atoms with Crippen molar-refractivity contribution < 1.29 is 22.7 Å². The SMILES string of the molecule is CCc1cc(C(=O)OC)c(N)c(Br)c1C(F)(F)F. The van der Waals surface area contributed by atoms with Gasteiger partial charge in [0, 0.05) is 0 Å². The topological polar surface area (TPSA) is 52.3 Å². The number of anilines is 1. The number of alkyl halides is 3. The number of benzene rings is 1. The highest BCUT2D eigenvalue weighted by atomic mass is 79.9. The van der Waals surface area contributed by atoms with Crippen LogP contribution in [0.5, 0.6) is 0 Å². The molecule has 0 fully saturated rings. The minimum atomic E-state index is -4.53. The molecule has 1 aromatic carbocycles. The Morgan fingerprint density at radius 1 is 1.50 bits per heavy atom. The molecule has 0 radical (unpaired) electrons. The van der Waals surface area contributed by atoms with Crippen LogP contribution in [-0.2, 0) is 17.3 Å². The van der Waals surface area contributed by atoms with Crippen LogP contribution in [-0.4, -0.2) is 13.1 Å². The third kappa shape index (κ3) is 2.60. The van der Waals surface area contributed by atoms with Crippen molar-refractivity contribution in [3.05, 3.63) is 27.2 Å². The zero-order valence-corrected chi connectivity index (χ0v) is 11.3. The maximum atomic E-state index is 12.9. The number of hydrogen-bond donors (Lipinski definition) is 1. The monoisotopic (exact) mass is 325 g/mol. The van der Waals surface area contributed by atoms with E-state index in [1.807, 2.05) is 0 Å². The Labute approximate surface area is 110 Å². The Kier molecular flexibility index (Phi) is 4.26. The summed E-state index contributed by atoms with van der Waals surface area (Å²) in [6, 6.07) is 1.12. The van der Waals surface area contributed by atoms with Gasteiger partial charge in [-0.05, 0) is 34.0 Å². The molecule has 0 unspecified atom stereocenters. The van der Waals surface area contributed by atoms with Gasteiger partial charge in [0.2, 0.25) is 0 Å². The predicted molar refractivity (Wildman–Crippen MR) is 64.3 cm³/mol. The van der Waals surface area contributed by atoms with E-state index in [0.717, 1.165) is 13.2 Å². The van der Waals surface area contributed by atoms with E-state index in [2.05, 4.69) is 20.7 Å². The smallest absolute Gasteiger partial charge is 0.417 e. The fraction of sp³-hybridized carbons (Fsp3) is 0.364. The highest BCUT2D eigenvalue weighted by Gasteiger charge is 2.37. The molecule has 0 aliphatic heterocycles. The van der Waals surface area contributed by atoms with Crippen LogP contribution in [0.25, 0.3) is 0 Å². The zero-order chi connectivity index (χ0) is 14.1. The van der Waals surface area contributed by atoms with Gasteiger partial charge in [-0.2, -0.15) is 13.2 Å². The molecular weight excluding hydrogens is 315 g/mol. The Hall–Kier alpha value is -1.24. The summed E-state index contributed by atoms with van der Waals surface area (Å²) < 4.78 is 42.8. The zero-order valence-electron chi connectivity index (χ0n) is 9.69. The molecule has 0 atom stereocenters. The summed E-state index contributed by atoms with van der Waals surface area (Å²) in [6.45, 7) is 1.56. The van der Waals surface area contributed by atoms with Crippen molar-refractivity contribution >= 4 is 27.6 Å². The highest BCUT2D eigenvalue weighted by Crippen LogP contribution is 2.41. The molecule has 0 saturated heterocycles. The molecule has 0 saturated carbocycles. The first kappa shape index (κ1) is 14.8. The van der Waals surface area contributed by atoms with E-state index in [4.69, 9.17) is 5.73 Å². The molecule has 0 aliphatic carbocycles. The minimum Gasteiger partial charge on any atom is -0.465 e. The third-order valence-corrected chi connectivity index (χ3v) is 3.28. The molecule has 2 N–H and O–H groups in total. The molecule has 1 aromatic rings. The van der Waals surface area contributed by atoms with E-state index in [1.165, 1.54) is 0 Å². The summed E-state index contributed by atoms with van der Waals surface area (Å²) in [5, 5.41) is 0. The molecule has 7 heteroatoms. The number of nitrogen functional groups attached to an aromatic ring is 1. The number of aryl methyl sites for hydroxylation is 1. The van der Waals surface area contributed by atoms with Gasteiger partial charge in [0.25, 0.3) is 0 Å². The molecule has 0 heterocycles. The van der Waals surface area contributed by atoms with Crippen LogP contribution in [0.15, 0.2) is 10.5 Å². The predicted octanol–water partition coefficient (Wildman–Crippen LogP) is 3.40. The lowest BCUT2D eigenvalue weighted by atomic mass is 9.99. The second kappa shape index (κ2) is 5.17. The molecule has 100 valence electrons. The van der Waals surface area contributed by atoms with Crippen molar-refractivity contribution in [1.29, 1.82) is 0 Å². The third-order valence-electron chi connectivity index (χ3n) is 2.46. The summed E-state index contributed by atoms with van der Waals surface area (Å²) in [6.07, 6.45) is -4.41. The van der Waals surface area contributed by atoms with E-state index < -0.39 is 17.7 Å². The molecule has 0 spiro atoms. The number of rotatable bonds is 2. The van der Waals surface area contributed by atoms with E-state index in [0.29, 0.717) is 0 Å². The fourth-order valence-corrected chi connectivity index (χ4v) is 2.28. The number of methoxy groups -OCH3 is 1. The lowest BCUT2D eigenvalue weighted by Gasteiger charge is -2.17. The Bertz CT molecular complexity index is 486. The van der Waals surface area contributed by atoms with Crippen LogP contribution < -0.4 is 5.73 Å². The number of ether oxygens (including phenoxy) is 1. The number of esters is 1. The van der Waals surface area contributed by atoms with Gasteiger partial charge in [-0.25, -0.2) is 4.79 Å². The summed E-state index contributed by atoms with van der Waals surface area (Å²) >= 11 is 2.80. The van der Waals surface area contributed by atoms with Gasteiger partial charge >= 0.3 is 12.1 Å². The van der Waals surface area contributed by atoms with Crippen molar-refractivity contribution in [2.75, 3.05) is 12.8 Å². The average Bonchev–Trinajstić information content (AvgIpc) is 2.29. The van der Waals surface area contributed by atoms with Gasteiger partial charge < -0.3 is 10.5 Å². The Balaban J connectivity index is 3.60.